The molecular weight excluding hydrogens is 414 g/mol. The van der Waals surface area contributed by atoms with Crippen molar-refractivity contribution >= 4 is 40.0 Å². The molecule has 31 heavy (non-hydrogen) atoms. The van der Waals surface area contributed by atoms with Gasteiger partial charge in [0.25, 0.3) is 5.91 Å². The molecule has 0 unspecified atom stereocenters. The van der Waals surface area contributed by atoms with E-state index in [1.54, 1.807) is 18.2 Å². The number of carbonyl (C=O) groups is 2. The van der Waals surface area contributed by atoms with Gasteiger partial charge in [-0.2, -0.15) is 0 Å². The number of hydrogen-bond donors (Lipinski definition) is 2. The molecule has 158 valence electrons. The predicted molar refractivity (Wildman–Crippen MR) is 120 cm³/mol. The van der Waals surface area contributed by atoms with E-state index in [1.807, 2.05) is 12.1 Å². The van der Waals surface area contributed by atoms with E-state index in [2.05, 4.69) is 36.0 Å². The smallest absolute Gasteiger partial charge is 0.259 e. The second-order valence-corrected chi connectivity index (χ2v) is 8.76. The highest BCUT2D eigenvalue weighted by atomic mass is 35.5. The van der Waals surface area contributed by atoms with Crippen molar-refractivity contribution in [1.29, 1.82) is 0 Å². The quantitative estimate of drug-likeness (QED) is 0.607. The number of aromatic hydroxyl groups is 1. The van der Waals surface area contributed by atoms with Crippen molar-refractivity contribution in [2.24, 2.45) is 0 Å². The van der Waals surface area contributed by atoms with Crippen LogP contribution in [0.25, 0.3) is 10.9 Å². The number of amides is 2. The van der Waals surface area contributed by atoms with Crippen LogP contribution in [0.1, 0.15) is 43.9 Å². The molecule has 0 spiro atoms. The van der Waals surface area contributed by atoms with Gasteiger partial charge in [0.05, 0.1) is 22.7 Å². The lowest BCUT2D eigenvalue weighted by molar-refractivity contribution is -0.139. The molecule has 1 atom stereocenters. The Morgan fingerprint density at radius 1 is 1.26 bits per heavy atom. The van der Waals surface area contributed by atoms with Crippen LogP contribution in [-0.4, -0.2) is 32.9 Å². The molecule has 0 aliphatic carbocycles. The largest absolute Gasteiger partial charge is 0.506 e. The van der Waals surface area contributed by atoms with E-state index >= 15 is 0 Å². The molecule has 0 radical (unpaired) electrons. The molecule has 2 aromatic carbocycles. The minimum atomic E-state index is -0.427. The molecule has 0 saturated heterocycles. The van der Waals surface area contributed by atoms with Crippen molar-refractivity contribution in [2.75, 3.05) is 11.9 Å². The van der Waals surface area contributed by atoms with E-state index in [1.165, 1.54) is 11.8 Å². The summed E-state index contributed by atoms with van der Waals surface area (Å²) in [5.74, 6) is -1.04. The topological polar surface area (TPSA) is 74.6 Å². The second kappa shape index (κ2) is 6.89. The fourth-order valence-electron chi connectivity index (χ4n) is 4.71. The molecule has 3 heterocycles. The van der Waals surface area contributed by atoms with Crippen molar-refractivity contribution < 1.29 is 14.7 Å². The van der Waals surface area contributed by atoms with E-state index in [0.29, 0.717) is 11.3 Å². The van der Waals surface area contributed by atoms with Crippen LogP contribution >= 0.6 is 11.6 Å². The van der Waals surface area contributed by atoms with Gasteiger partial charge in [-0.25, -0.2) is 0 Å². The summed E-state index contributed by atoms with van der Waals surface area (Å²) in [6, 6.07) is 11.3. The molecule has 6 nitrogen and oxygen atoms in total. The van der Waals surface area contributed by atoms with Gasteiger partial charge >= 0.3 is 0 Å². The average Bonchev–Trinajstić information content (AvgIpc) is 3.21. The van der Waals surface area contributed by atoms with Crippen molar-refractivity contribution in [3.63, 3.8) is 0 Å². The fraction of sp³-hybridized carbons (Fsp3) is 0.250. The van der Waals surface area contributed by atoms with E-state index < -0.39 is 5.92 Å². The third-order valence-corrected chi connectivity index (χ3v) is 6.43. The maximum Gasteiger partial charge on any atom is 0.259 e. The summed E-state index contributed by atoms with van der Waals surface area (Å²) in [5, 5.41) is 14.7. The van der Waals surface area contributed by atoms with Gasteiger partial charge in [-0.15, -0.1) is 0 Å². The summed E-state index contributed by atoms with van der Waals surface area (Å²) in [7, 11) is 0. The van der Waals surface area contributed by atoms with Crippen LogP contribution in [0.15, 0.2) is 53.9 Å². The lowest BCUT2D eigenvalue weighted by Gasteiger charge is -2.20. The highest BCUT2D eigenvalue weighted by Gasteiger charge is 2.41. The third-order valence-electron chi connectivity index (χ3n) is 6.13. The van der Waals surface area contributed by atoms with Crippen molar-refractivity contribution in [1.82, 2.24) is 9.47 Å². The van der Waals surface area contributed by atoms with Crippen LogP contribution < -0.4 is 5.32 Å². The number of imide groups is 1. The first-order valence-corrected chi connectivity index (χ1v) is 10.6. The maximum absolute atomic E-state index is 13.4. The van der Waals surface area contributed by atoms with Crippen molar-refractivity contribution in [2.45, 2.75) is 32.7 Å². The molecule has 5 rings (SSSR count). The number of nitrogens with one attached hydrogen (secondary N) is 1. The summed E-state index contributed by atoms with van der Waals surface area (Å²) in [4.78, 5) is 26.8. The second-order valence-electron chi connectivity index (χ2n) is 8.36. The zero-order valence-electron chi connectivity index (χ0n) is 17.4. The Balaban J connectivity index is 1.83. The van der Waals surface area contributed by atoms with E-state index in [4.69, 9.17) is 11.6 Å². The number of carbonyl (C=O) groups excluding carboxylic acids is 2. The van der Waals surface area contributed by atoms with Crippen molar-refractivity contribution in [3.8, 4) is 5.75 Å². The summed E-state index contributed by atoms with van der Waals surface area (Å²) in [5.41, 5.74) is 4.99. The molecule has 3 aromatic rings. The number of phenolic OH excluding ortho intramolecular Hbond substituents is 1. The Labute approximate surface area is 184 Å². The van der Waals surface area contributed by atoms with Crippen LogP contribution in [0.4, 0.5) is 5.69 Å². The molecule has 7 heteroatoms. The number of aromatic nitrogens is 1. The van der Waals surface area contributed by atoms with Gasteiger partial charge in [0.15, 0.2) is 0 Å². The van der Waals surface area contributed by atoms with Gasteiger partial charge in [0.1, 0.15) is 5.75 Å². The number of halogens is 1. The number of benzene rings is 2. The molecule has 2 N–H and O–H groups in total. The Morgan fingerprint density at radius 3 is 2.71 bits per heavy atom. The zero-order chi connectivity index (χ0) is 22.0. The Bertz CT molecular complexity index is 1300. The molecular formula is C24H22ClN3O3. The first kappa shape index (κ1) is 19.7. The van der Waals surface area contributed by atoms with E-state index in [-0.39, 0.29) is 35.2 Å². The lowest BCUT2D eigenvalue weighted by Crippen LogP contribution is -2.33. The van der Waals surface area contributed by atoms with Gasteiger partial charge in [0.2, 0.25) is 5.91 Å². The molecule has 0 saturated carbocycles. The molecule has 2 amide bonds. The Morgan fingerprint density at radius 2 is 2.03 bits per heavy atom. The molecule has 0 bridgehead atoms. The first-order valence-electron chi connectivity index (χ1n) is 10.2. The van der Waals surface area contributed by atoms with Crippen LogP contribution in [0, 0.1) is 0 Å². The Hall–Kier alpha value is -3.25. The summed E-state index contributed by atoms with van der Waals surface area (Å²) in [6.45, 7) is 5.84. The number of hydrogen-bond acceptors (Lipinski definition) is 4. The van der Waals surface area contributed by atoms with Crippen LogP contribution in [0.2, 0.25) is 5.02 Å². The van der Waals surface area contributed by atoms with Gasteiger partial charge in [-0.3, -0.25) is 14.5 Å². The Kier molecular flexibility index (Phi) is 4.38. The number of phenols is 1. The minimum absolute atomic E-state index is 0.0141. The average molecular weight is 436 g/mol. The summed E-state index contributed by atoms with van der Waals surface area (Å²) in [6.07, 6.45) is 2.09. The molecule has 1 aromatic heterocycles. The minimum Gasteiger partial charge on any atom is -0.506 e. The van der Waals surface area contributed by atoms with Gasteiger partial charge in [0, 0.05) is 41.9 Å². The van der Waals surface area contributed by atoms with Gasteiger partial charge in [-0.1, -0.05) is 23.7 Å². The standard InChI is InChI=1S/C24H22ClN3O3/c1-12(2)27-10-15-21(14-7-8-20(30)16(25)9-14)23-18(11-28(13(3)29)24(23)31)26-17-5-4-6-19(27)22(15)17/h4-10,12,21,26,30H,11H2,1-3H3/t21-/m1/s1. The normalized spacial score (nSPS) is 17.9. The van der Waals surface area contributed by atoms with E-state index in [9.17, 15) is 14.7 Å². The number of rotatable bonds is 2. The lowest BCUT2D eigenvalue weighted by atomic mass is 9.84. The van der Waals surface area contributed by atoms with Crippen LogP contribution in [0.3, 0.4) is 0 Å². The third kappa shape index (κ3) is 2.86. The number of anilines is 1. The highest BCUT2D eigenvalue weighted by molar-refractivity contribution is 6.32. The van der Waals surface area contributed by atoms with Crippen molar-refractivity contribution in [3.05, 3.63) is 70.0 Å². The predicted octanol–water partition coefficient (Wildman–Crippen LogP) is 4.78. The molecule has 2 aliphatic rings. The van der Waals surface area contributed by atoms with Gasteiger partial charge in [-0.05, 0) is 49.2 Å². The summed E-state index contributed by atoms with van der Waals surface area (Å²) >= 11 is 6.25. The van der Waals surface area contributed by atoms with Crippen LogP contribution in [-0.2, 0) is 9.59 Å². The summed E-state index contributed by atoms with van der Waals surface area (Å²) < 4.78 is 2.19. The fourth-order valence-corrected chi connectivity index (χ4v) is 4.90. The van der Waals surface area contributed by atoms with Gasteiger partial charge < -0.3 is 15.0 Å². The maximum atomic E-state index is 13.4. The number of nitrogens with zero attached hydrogens (tertiary/aromatic N) is 2. The molecule has 2 aliphatic heterocycles. The first-order chi connectivity index (χ1) is 14.8. The zero-order valence-corrected chi connectivity index (χ0v) is 18.2. The molecule has 0 fully saturated rings. The SMILES string of the molecule is CC(=O)N1CC2=C(C1=O)[C@H](c1ccc(O)c(Cl)c1)c1cn(C(C)C)c3cccc(c13)N2. The highest BCUT2D eigenvalue weighted by Crippen LogP contribution is 2.47. The van der Waals surface area contributed by atoms with Crippen LogP contribution in [0.5, 0.6) is 5.75 Å². The van der Waals surface area contributed by atoms with E-state index in [0.717, 1.165) is 27.7 Å². The monoisotopic (exact) mass is 435 g/mol.